The molecule has 9 N–H and O–H groups in total. The normalized spacial score (nSPS) is 29.8. The Morgan fingerprint density at radius 1 is 0.851 bits per heavy atom. The monoisotopic (exact) mass is 1090 g/mol. The molecule has 0 spiro atoms. The number of phosphoric acid groups is 2. The predicted molar refractivity (Wildman–Crippen MR) is 277 cm³/mol. The zero-order valence-electron chi connectivity index (χ0n) is 43.9. The topological polar surface area (TPSA) is 326 Å². The van der Waals surface area contributed by atoms with Crippen molar-refractivity contribution in [1.29, 1.82) is 0 Å². The van der Waals surface area contributed by atoms with E-state index < -0.39 is 120 Å². The lowest BCUT2D eigenvalue weighted by Crippen LogP contribution is -2.52. The lowest BCUT2D eigenvalue weighted by atomic mass is 9.82. The summed E-state index contributed by atoms with van der Waals surface area (Å²) in [6.45, 7) is 3.83. The first kappa shape index (κ1) is 65.4. The minimum absolute atomic E-state index is 0.0816. The summed E-state index contributed by atoms with van der Waals surface area (Å²) in [5, 5.41) is 57.4. The van der Waals surface area contributed by atoms with Gasteiger partial charge < -0.3 is 55.3 Å². The predicted octanol–water partition coefficient (Wildman–Crippen LogP) is 7.63. The molecular formula is C51H89N3O18P2. The molecule has 0 aromatic carbocycles. The van der Waals surface area contributed by atoms with Crippen molar-refractivity contribution in [1.82, 2.24) is 9.55 Å². The Hall–Kier alpha value is -2.88. The minimum atomic E-state index is -5.70. The Labute approximate surface area is 437 Å². The number of nitrogen functional groups attached to an aromatic ring is 1. The number of anilines is 1. The number of carbonyl (C=O) groups is 2. The van der Waals surface area contributed by atoms with Crippen LogP contribution in [0.2, 0.25) is 0 Å². The smallest absolute Gasteiger partial charge is 0.462 e. The lowest BCUT2D eigenvalue weighted by molar-refractivity contribution is -0.194. The number of cyclic esters (lactones) is 1. The van der Waals surface area contributed by atoms with Gasteiger partial charge in [0.2, 0.25) is 0 Å². The van der Waals surface area contributed by atoms with Gasteiger partial charge in [0.25, 0.3) is 0 Å². The van der Waals surface area contributed by atoms with Crippen LogP contribution in [0.15, 0.2) is 41.4 Å². The van der Waals surface area contributed by atoms with Crippen molar-refractivity contribution < 1.29 is 81.6 Å². The highest BCUT2D eigenvalue weighted by molar-refractivity contribution is 7.61. The van der Waals surface area contributed by atoms with Gasteiger partial charge in [0, 0.05) is 37.3 Å². The van der Waals surface area contributed by atoms with E-state index in [0.29, 0.717) is 19.3 Å². The van der Waals surface area contributed by atoms with Crippen LogP contribution < -0.4 is 11.4 Å². The number of rotatable bonds is 25. The maximum absolute atomic E-state index is 13.4. The van der Waals surface area contributed by atoms with Crippen LogP contribution in [0.5, 0.6) is 0 Å². The molecule has 0 amide bonds. The van der Waals surface area contributed by atoms with E-state index in [1.165, 1.54) is 82.2 Å². The van der Waals surface area contributed by atoms with Gasteiger partial charge in [0.1, 0.15) is 30.9 Å². The highest BCUT2D eigenvalue weighted by atomic mass is 31.3. The molecular weight excluding hydrogens is 1000 g/mol. The quantitative estimate of drug-likeness (QED) is 0.0202. The largest absolute Gasteiger partial charge is 0.481 e. The molecule has 2 unspecified atom stereocenters. The number of aromatic nitrogens is 2. The number of aliphatic hydroxyl groups is 5. The van der Waals surface area contributed by atoms with Crippen LogP contribution in [0.25, 0.3) is 0 Å². The van der Waals surface area contributed by atoms with Crippen molar-refractivity contribution in [2.24, 2.45) is 17.8 Å². The average Bonchev–Trinajstić information content (AvgIpc) is 3.32. The van der Waals surface area contributed by atoms with Crippen molar-refractivity contribution in [3.63, 3.8) is 0 Å². The van der Waals surface area contributed by atoms with E-state index in [-0.39, 0.29) is 37.9 Å². The fraction of sp³-hybridized carbons (Fsp3) is 0.804. The summed E-state index contributed by atoms with van der Waals surface area (Å²) >= 11 is 0. The van der Waals surface area contributed by atoms with Crippen LogP contribution in [0.3, 0.4) is 0 Å². The third kappa shape index (κ3) is 26.4. The molecule has 2 aliphatic heterocycles. The van der Waals surface area contributed by atoms with Gasteiger partial charge in [-0.25, -0.2) is 13.9 Å². The number of fused-ring (bicyclic) bond motifs is 3. The first-order chi connectivity index (χ1) is 35.2. The number of phosphoric ester groups is 2. The molecule has 2 aliphatic rings. The lowest BCUT2D eigenvalue weighted by Gasteiger charge is -2.40. The summed E-state index contributed by atoms with van der Waals surface area (Å²) in [6, 6.07) is 1.25. The number of carbonyl (C=O) groups excluding carboxylic acids is 2. The van der Waals surface area contributed by atoms with Crippen molar-refractivity contribution in [3.05, 3.63) is 47.1 Å². The fourth-order valence-electron chi connectivity index (χ4n) is 8.95. The van der Waals surface area contributed by atoms with Gasteiger partial charge in [-0.2, -0.15) is 9.29 Å². The highest BCUT2D eigenvalue weighted by Gasteiger charge is 2.45. The van der Waals surface area contributed by atoms with Crippen LogP contribution >= 0.6 is 15.6 Å². The summed E-state index contributed by atoms with van der Waals surface area (Å²) in [7, 11) is -11.3. The van der Waals surface area contributed by atoms with Gasteiger partial charge in [-0.1, -0.05) is 148 Å². The molecule has 426 valence electrons. The standard InChI is InChI=1S/C51H89N3O18P2/c1-4-5-19-25-38(55)29-30-40-42(56)33-43(57)41-26-21-17-18-23-28-47(59)70-39(34-67-46(58)27-22-16-14-12-10-8-6-7-9-11-13-15-20-24-37(2)3)35-68-73(63,64)72-74(65,66)69-36-44(49(61)48(40)60)71-50(41)54-32-31-45(52)53-51(54)62/h17,21,29-32,37-44,48-50,55-57,60-61H,4-16,18-20,22-28,33-36H2,1-3H3,(H,63,64)(H,65,66)(H2,52,53,62)/t38-,39+,40-,41-,42+,43-,44+,48-,49+,50+/m0/s1. The van der Waals surface area contributed by atoms with Crippen molar-refractivity contribution in [3.8, 4) is 0 Å². The van der Waals surface area contributed by atoms with Crippen LogP contribution in [0.4, 0.5) is 5.82 Å². The molecule has 0 aliphatic carbocycles. The SMILES string of the molecule is CCCCC[C@H](O)C=C[C@@H]1[C@H](O)[C@H](O)[C@H]2COP(=O)(O)OP(=O)(O)OC[C@@H](COC(=O)CCCCCCCCCCCCCCCC(C)C)OC(=O)CCCC=CC[C@H]([C@H](n3ccc(N)nc3=O)O2)[C@@H](O)C[C@H]1O. The molecule has 3 heterocycles. The van der Waals surface area contributed by atoms with E-state index in [4.69, 9.17) is 29.0 Å². The van der Waals surface area contributed by atoms with Crippen LogP contribution in [0.1, 0.15) is 181 Å². The van der Waals surface area contributed by atoms with Crippen molar-refractivity contribution in [2.75, 3.05) is 25.6 Å². The number of nitrogens with zero attached hydrogens (tertiary/aromatic N) is 2. The zero-order chi connectivity index (χ0) is 54.5. The van der Waals surface area contributed by atoms with Gasteiger partial charge in [-0.05, 0) is 44.1 Å². The van der Waals surface area contributed by atoms with Crippen LogP contribution in [-0.2, 0) is 46.3 Å². The van der Waals surface area contributed by atoms with Crippen LogP contribution in [0, 0.1) is 17.8 Å². The molecule has 1 fully saturated rings. The molecule has 74 heavy (non-hydrogen) atoms. The minimum Gasteiger partial charge on any atom is -0.462 e. The van der Waals surface area contributed by atoms with Gasteiger partial charge in [0.15, 0.2) is 6.10 Å². The molecule has 1 aromatic rings. The van der Waals surface area contributed by atoms with Gasteiger partial charge in [-0.3, -0.25) is 23.2 Å². The second-order valence-corrected chi connectivity index (χ2v) is 23.2. The molecule has 3 rings (SSSR count). The Morgan fingerprint density at radius 2 is 1.46 bits per heavy atom. The highest BCUT2D eigenvalue weighted by Crippen LogP contribution is 2.60. The Kier molecular flexibility index (Phi) is 31.4. The maximum atomic E-state index is 13.4. The summed E-state index contributed by atoms with van der Waals surface area (Å²) in [5.74, 6) is -3.35. The number of aliphatic hydroxyl groups excluding tert-OH is 5. The molecule has 1 saturated heterocycles. The third-order valence-electron chi connectivity index (χ3n) is 13.3. The first-order valence-electron chi connectivity index (χ1n) is 27.0. The number of allylic oxidation sites excluding steroid dienone is 2. The zero-order valence-corrected chi connectivity index (χ0v) is 45.7. The van der Waals surface area contributed by atoms with E-state index in [0.717, 1.165) is 49.0 Å². The van der Waals surface area contributed by atoms with E-state index >= 15 is 0 Å². The molecule has 2 bridgehead atoms. The number of nitrogens with two attached hydrogens (primary N) is 1. The Bertz CT molecular complexity index is 1970. The number of esters is 2. The van der Waals surface area contributed by atoms with E-state index in [1.54, 1.807) is 12.2 Å². The van der Waals surface area contributed by atoms with Gasteiger partial charge in [0.05, 0.1) is 37.6 Å². The molecule has 0 radical (unpaired) electrons. The summed E-state index contributed by atoms with van der Waals surface area (Å²) in [6.07, 6.45) is 12.6. The molecule has 0 saturated carbocycles. The number of hydrogen-bond donors (Lipinski definition) is 8. The number of unbranched alkanes of at least 4 members (excludes halogenated alkanes) is 14. The second-order valence-electron chi connectivity index (χ2n) is 20.2. The van der Waals surface area contributed by atoms with Gasteiger partial charge >= 0.3 is 33.3 Å². The molecule has 1 aromatic heterocycles. The van der Waals surface area contributed by atoms with E-state index in [2.05, 4.69) is 23.1 Å². The summed E-state index contributed by atoms with van der Waals surface area (Å²) in [4.78, 5) is 64.2. The second kappa shape index (κ2) is 35.5. The summed E-state index contributed by atoms with van der Waals surface area (Å²) in [5.41, 5.74) is 4.78. The molecule has 23 heteroatoms. The average molecular weight is 1090 g/mol. The number of hydrogen-bond acceptors (Lipinski definition) is 18. The maximum Gasteiger partial charge on any atom is 0.481 e. The Morgan fingerprint density at radius 3 is 2.08 bits per heavy atom. The van der Waals surface area contributed by atoms with Gasteiger partial charge in [-0.15, -0.1) is 0 Å². The van der Waals surface area contributed by atoms with E-state index in [1.807, 2.05) is 6.92 Å². The molecule has 12 atom stereocenters. The number of ether oxygens (including phenoxy) is 3. The third-order valence-corrected chi connectivity index (χ3v) is 15.9. The van der Waals surface area contributed by atoms with E-state index in [9.17, 15) is 58.8 Å². The first-order valence-corrected chi connectivity index (χ1v) is 30.0. The summed E-state index contributed by atoms with van der Waals surface area (Å²) < 4.78 is 59.0. The van der Waals surface area contributed by atoms with Crippen LogP contribution in [-0.4, -0.2) is 119 Å². The van der Waals surface area contributed by atoms with Crippen molar-refractivity contribution in [2.45, 2.75) is 224 Å². The molecule has 21 nitrogen and oxygen atoms in total. The fourth-order valence-corrected chi connectivity index (χ4v) is 11.1. The van der Waals surface area contributed by atoms with Crippen molar-refractivity contribution >= 4 is 33.4 Å². The Balaban J connectivity index is 1.74.